The van der Waals surface area contributed by atoms with Crippen molar-refractivity contribution in [3.8, 4) is 11.5 Å². The fourth-order valence-electron chi connectivity index (χ4n) is 2.68. The van der Waals surface area contributed by atoms with Gasteiger partial charge in [-0.05, 0) is 25.7 Å². The van der Waals surface area contributed by atoms with Crippen molar-refractivity contribution in [2.45, 2.75) is 6.04 Å². The zero-order valence-electron chi connectivity index (χ0n) is 11.5. The molecular formula is C14H19N3O2. The van der Waals surface area contributed by atoms with Crippen LogP contribution in [0.3, 0.4) is 0 Å². The van der Waals surface area contributed by atoms with Gasteiger partial charge < -0.3 is 24.7 Å². The molecule has 0 spiro atoms. The first-order valence-electron chi connectivity index (χ1n) is 6.37. The van der Waals surface area contributed by atoms with Crippen LogP contribution in [0.4, 0.5) is 0 Å². The third kappa shape index (κ3) is 1.86. The van der Waals surface area contributed by atoms with Crippen LogP contribution in [0.5, 0.6) is 11.5 Å². The van der Waals surface area contributed by atoms with Crippen LogP contribution in [0.15, 0.2) is 18.3 Å². The van der Waals surface area contributed by atoms with E-state index in [1.54, 1.807) is 0 Å². The Morgan fingerprint density at radius 3 is 2.63 bits per heavy atom. The molecule has 0 amide bonds. The molecule has 1 aliphatic heterocycles. The molecule has 0 aliphatic carbocycles. The van der Waals surface area contributed by atoms with Gasteiger partial charge in [0.15, 0.2) is 11.5 Å². The lowest BCUT2D eigenvalue weighted by atomic mass is 10.0. The number of nitrogens with two attached hydrogens (primary N) is 1. The Balaban J connectivity index is 2.20. The van der Waals surface area contributed by atoms with Crippen LogP contribution in [-0.2, 0) is 7.05 Å². The van der Waals surface area contributed by atoms with Gasteiger partial charge in [-0.3, -0.25) is 0 Å². The highest BCUT2D eigenvalue weighted by Crippen LogP contribution is 2.39. The maximum Gasteiger partial charge on any atom is 0.231 e. The fraction of sp³-hybridized carbons (Fsp3) is 0.429. The molecule has 0 bridgehead atoms. The van der Waals surface area contributed by atoms with Crippen molar-refractivity contribution >= 4 is 10.9 Å². The van der Waals surface area contributed by atoms with E-state index in [4.69, 9.17) is 15.2 Å². The first-order chi connectivity index (χ1) is 9.11. The molecule has 0 radical (unpaired) electrons. The Morgan fingerprint density at radius 1 is 1.32 bits per heavy atom. The first kappa shape index (κ1) is 12.3. The van der Waals surface area contributed by atoms with Crippen molar-refractivity contribution in [3.05, 3.63) is 23.9 Å². The molecule has 2 heterocycles. The summed E-state index contributed by atoms with van der Waals surface area (Å²) in [6.07, 6.45) is 2.14. The van der Waals surface area contributed by atoms with Gasteiger partial charge in [0, 0.05) is 37.3 Å². The molecule has 5 nitrogen and oxygen atoms in total. The summed E-state index contributed by atoms with van der Waals surface area (Å²) in [5, 5.41) is 1.18. The number of nitrogens with zero attached hydrogens (tertiary/aromatic N) is 2. The van der Waals surface area contributed by atoms with Gasteiger partial charge in [0.05, 0.1) is 5.52 Å². The molecule has 102 valence electrons. The molecule has 0 saturated heterocycles. The van der Waals surface area contributed by atoms with Crippen LogP contribution >= 0.6 is 0 Å². The number of ether oxygens (including phenoxy) is 2. The Kier molecular flexibility index (Phi) is 2.88. The lowest BCUT2D eigenvalue weighted by molar-refractivity contribution is 0.174. The summed E-state index contributed by atoms with van der Waals surface area (Å²) in [7, 11) is 6.13. The summed E-state index contributed by atoms with van der Waals surface area (Å²) in [5.74, 6) is 1.63. The summed E-state index contributed by atoms with van der Waals surface area (Å²) in [4.78, 5) is 2.14. The van der Waals surface area contributed by atoms with E-state index in [9.17, 15) is 0 Å². The largest absolute Gasteiger partial charge is 0.454 e. The topological polar surface area (TPSA) is 52.7 Å². The van der Waals surface area contributed by atoms with Crippen LogP contribution in [-0.4, -0.2) is 36.9 Å². The van der Waals surface area contributed by atoms with Gasteiger partial charge >= 0.3 is 0 Å². The van der Waals surface area contributed by atoms with Gasteiger partial charge in [-0.25, -0.2) is 0 Å². The summed E-state index contributed by atoms with van der Waals surface area (Å²) in [6.45, 7) is 0.884. The normalized spacial score (nSPS) is 15.4. The maximum absolute atomic E-state index is 5.91. The monoisotopic (exact) mass is 261 g/mol. The first-order valence-corrected chi connectivity index (χ1v) is 6.37. The predicted octanol–water partition coefficient (Wildman–Crippen LogP) is 1.47. The quantitative estimate of drug-likeness (QED) is 0.909. The van der Waals surface area contributed by atoms with Gasteiger partial charge in [-0.2, -0.15) is 0 Å². The smallest absolute Gasteiger partial charge is 0.231 e. The molecule has 1 unspecified atom stereocenters. The number of hydrogen-bond acceptors (Lipinski definition) is 4. The molecule has 1 aromatic carbocycles. The van der Waals surface area contributed by atoms with Crippen molar-refractivity contribution in [2.75, 3.05) is 27.4 Å². The van der Waals surface area contributed by atoms with Crippen molar-refractivity contribution in [3.63, 3.8) is 0 Å². The second kappa shape index (κ2) is 4.43. The Hall–Kier alpha value is -1.72. The van der Waals surface area contributed by atoms with Gasteiger partial charge in [0.1, 0.15) is 0 Å². The third-order valence-corrected chi connectivity index (χ3v) is 3.72. The van der Waals surface area contributed by atoms with Crippen LogP contribution in [0, 0.1) is 0 Å². The van der Waals surface area contributed by atoms with E-state index >= 15 is 0 Å². The van der Waals surface area contributed by atoms with E-state index in [0.29, 0.717) is 13.3 Å². The second-order valence-corrected chi connectivity index (χ2v) is 5.13. The lowest BCUT2D eigenvalue weighted by Gasteiger charge is -2.22. The average molecular weight is 261 g/mol. The average Bonchev–Trinajstić information content (AvgIpc) is 2.93. The molecule has 0 fully saturated rings. The molecule has 1 atom stereocenters. The molecule has 19 heavy (non-hydrogen) atoms. The number of hydrogen-bond donors (Lipinski definition) is 1. The van der Waals surface area contributed by atoms with E-state index in [1.165, 1.54) is 10.9 Å². The SMILES string of the molecule is CN(C)C(CN)c1cn(C)c2cc3c(cc12)OCO3. The van der Waals surface area contributed by atoms with E-state index in [1.807, 2.05) is 27.2 Å². The Labute approximate surface area is 112 Å². The Morgan fingerprint density at radius 2 is 2.00 bits per heavy atom. The van der Waals surface area contributed by atoms with Crippen molar-refractivity contribution in [1.82, 2.24) is 9.47 Å². The minimum atomic E-state index is 0.198. The van der Waals surface area contributed by atoms with E-state index in [2.05, 4.69) is 21.7 Å². The molecule has 3 rings (SSSR count). The van der Waals surface area contributed by atoms with Gasteiger partial charge in [0.25, 0.3) is 0 Å². The van der Waals surface area contributed by atoms with Crippen LogP contribution < -0.4 is 15.2 Å². The highest BCUT2D eigenvalue weighted by molar-refractivity contribution is 5.88. The summed E-state index contributed by atoms with van der Waals surface area (Å²) in [6, 6.07) is 4.29. The van der Waals surface area contributed by atoms with Gasteiger partial charge in [-0.1, -0.05) is 0 Å². The number of fused-ring (bicyclic) bond motifs is 2. The molecule has 1 aliphatic rings. The van der Waals surface area contributed by atoms with E-state index in [-0.39, 0.29) is 6.04 Å². The Bertz CT molecular complexity index is 619. The highest BCUT2D eigenvalue weighted by Gasteiger charge is 2.22. The zero-order valence-corrected chi connectivity index (χ0v) is 11.5. The van der Waals surface area contributed by atoms with Gasteiger partial charge in [0.2, 0.25) is 6.79 Å². The standard InChI is InChI=1S/C14H19N3O2/c1-16(2)12(6-15)10-7-17(3)11-5-14-13(4-9(10)11)18-8-19-14/h4-5,7,12H,6,8,15H2,1-3H3. The number of benzene rings is 1. The lowest BCUT2D eigenvalue weighted by Crippen LogP contribution is -2.26. The molecule has 0 saturated carbocycles. The minimum absolute atomic E-state index is 0.198. The molecular weight excluding hydrogens is 242 g/mol. The van der Waals surface area contributed by atoms with Crippen molar-refractivity contribution in [2.24, 2.45) is 12.8 Å². The van der Waals surface area contributed by atoms with Crippen LogP contribution in [0.25, 0.3) is 10.9 Å². The molecule has 2 aromatic rings. The third-order valence-electron chi connectivity index (χ3n) is 3.72. The van der Waals surface area contributed by atoms with Crippen LogP contribution in [0.1, 0.15) is 11.6 Å². The predicted molar refractivity (Wildman–Crippen MR) is 74.5 cm³/mol. The maximum atomic E-state index is 5.91. The van der Waals surface area contributed by atoms with Crippen molar-refractivity contribution < 1.29 is 9.47 Å². The summed E-state index contributed by atoms with van der Waals surface area (Å²) >= 11 is 0. The summed E-state index contributed by atoms with van der Waals surface area (Å²) < 4.78 is 13.0. The zero-order chi connectivity index (χ0) is 13.6. The van der Waals surface area contributed by atoms with Crippen molar-refractivity contribution in [1.29, 1.82) is 0 Å². The molecule has 1 aromatic heterocycles. The molecule has 2 N–H and O–H groups in total. The van der Waals surface area contributed by atoms with Crippen LogP contribution in [0.2, 0.25) is 0 Å². The number of aromatic nitrogens is 1. The summed E-state index contributed by atoms with van der Waals surface area (Å²) in [5.41, 5.74) is 8.28. The van der Waals surface area contributed by atoms with E-state index in [0.717, 1.165) is 17.0 Å². The minimum Gasteiger partial charge on any atom is -0.454 e. The highest BCUT2D eigenvalue weighted by atomic mass is 16.7. The number of aryl methyl sites for hydroxylation is 1. The van der Waals surface area contributed by atoms with E-state index < -0.39 is 0 Å². The molecule has 5 heteroatoms. The number of rotatable bonds is 3. The number of likely N-dealkylation sites (N-methyl/N-ethyl adjacent to an activating group) is 1. The second-order valence-electron chi connectivity index (χ2n) is 5.13. The fourth-order valence-corrected chi connectivity index (χ4v) is 2.68. The van der Waals surface area contributed by atoms with Gasteiger partial charge in [-0.15, -0.1) is 0 Å².